The van der Waals surface area contributed by atoms with Crippen molar-refractivity contribution < 1.29 is 32.2 Å². The molecule has 0 saturated heterocycles. The number of carbonyl (C=O) groups excluding carboxylic acids is 2. The molecular formula is C26H28BrF3N2O4. The molecule has 2 aromatic rings. The monoisotopic (exact) mass is 568 g/mol. The molecule has 2 aromatic carbocycles. The molecule has 2 N–H and O–H groups in total. The van der Waals surface area contributed by atoms with Crippen molar-refractivity contribution in [2.24, 2.45) is 5.73 Å². The van der Waals surface area contributed by atoms with Gasteiger partial charge in [0.25, 0.3) is 6.43 Å². The molecule has 3 rings (SSSR count). The summed E-state index contributed by atoms with van der Waals surface area (Å²) in [5, 5.41) is 0. The highest BCUT2D eigenvalue weighted by Crippen LogP contribution is 2.44. The predicted octanol–water partition coefficient (Wildman–Crippen LogP) is 6.15. The van der Waals surface area contributed by atoms with Crippen LogP contribution in [0.1, 0.15) is 44.2 Å². The molecule has 0 amide bonds. The summed E-state index contributed by atoms with van der Waals surface area (Å²) in [5.74, 6) is -2.24. The third kappa shape index (κ3) is 6.10. The van der Waals surface area contributed by atoms with Crippen LogP contribution in [0.15, 0.2) is 75.7 Å². The average Bonchev–Trinajstić information content (AvgIpc) is 2.86. The lowest BCUT2D eigenvalue weighted by molar-refractivity contribution is -0.139. The van der Waals surface area contributed by atoms with Crippen LogP contribution in [0.3, 0.4) is 0 Å². The van der Waals surface area contributed by atoms with Crippen LogP contribution < -0.4 is 10.6 Å². The van der Waals surface area contributed by atoms with Gasteiger partial charge in [-0.15, -0.1) is 0 Å². The molecule has 0 saturated carbocycles. The van der Waals surface area contributed by atoms with Crippen LogP contribution in [-0.4, -0.2) is 32.3 Å². The minimum atomic E-state index is -2.70. The Bertz CT molecular complexity index is 1110. The zero-order valence-electron chi connectivity index (χ0n) is 20.4. The van der Waals surface area contributed by atoms with E-state index >= 15 is 0 Å². The molecule has 1 aliphatic heterocycles. The molecule has 10 heteroatoms. The quantitative estimate of drug-likeness (QED) is 0.403. The van der Waals surface area contributed by atoms with Crippen molar-refractivity contribution >= 4 is 33.6 Å². The lowest BCUT2D eigenvalue weighted by Gasteiger charge is -2.37. The molecule has 1 unspecified atom stereocenters. The van der Waals surface area contributed by atoms with E-state index in [-0.39, 0.29) is 41.4 Å². The van der Waals surface area contributed by atoms with E-state index in [4.69, 9.17) is 15.2 Å². The first-order chi connectivity index (χ1) is 17.2. The number of halogens is 4. The molecule has 1 aliphatic rings. The Morgan fingerprint density at radius 3 is 2.08 bits per heavy atom. The maximum atomic E-state index is 13.4. The summed E-state index contributed by atoms with van der Waals surface area (Å²) in [7, 11) is 0.500. The van der Waals surface area contributed by atoms with Gasteiger partial charge >= 0.3 is 11.9 Å². The fraction of sp³-hybridized carbons (Fsp3) is 0.308. The summed E-state index contributed by atoms with van der Waals surface area (Å²) in [6.45, 7) is 5.16. The topological polar surface area (TPSA) is 81.9 Å². The van der Waals surface area contributed by atoms with Gasteiger partial charge in [0.05, 0.1) is 37.5 Å². The molecule has 0 radical (unpaired) electrons. The van der Waals surface area contributed by atoms with Crippen LogP contribution in [-0.2, 0) is 19.1 Å². The van der Waals surface area contributed by atoms with Gasteiger partial charge in [0, 0.05) is 21.4 Å². The number of anilines is 1. The van der Waals surface area contributed by atoms with Crippen molar-refractivity contribution in [3.8, 4) is 0 Å². The van der Waals surface area contributed by atoms with Gasteiger partial charge in [-0.3, -0.25) is 4.39 Å². The van der Waals surface area contributed by atoms with Crippen LogP contribution in [0.2, 0.25) is 0 Å². The number of nitrogens with two attached hydrogens (primary N) is 1. The highest BCUT2D eigenvalue weighted by atomic mass is 79.9. The van der Waals surface area contributed by atoms with Crippen molar-refractivity contribution in [3.05, 3.63) is 86.8 Å². The van der Waals surface area contributed by atoms with Crippen molar-refractivity contribution in [2.45, 2.75) is 33.1 Å². The van der Waals surface area contributed by atoms with Crippen molar-refractivity contribution in [1.29, 1.82) is 0 Å². The highest BCUT2D eigenvalue weighted by molar-refractivity contribution is 9.10. The van der Waals surface area contributed by atoms with Gasteiger partial charge in [-0.1, -0.05) is 40.2 Å². The van der Waals surface area contributed by atoms with E-state index in [0.717, 1.165) is 4.47 Å². The summed E-state index contributed by atoms with van der Waals surface area (Å²) in [6.07, 6.45) is -2.70. The van der Waals surface area contributed by atoms with Gasteiger partial charge in [-0.05, 0) is 50.6 Å². The van der Waals surface area contributed by atoms with E-state index in [1.54, 1.807) is 51.1 Å². The average molecular weight is 569 g/mol. The second-order valence-electron chi connectivity index (χ2n) is 7.45. The number of carbonyl (C=O) groups is 2. The van der Waals surface area contributed by atoms with Crippen molar-refractivity contribution in [3.63, 3.8) is 0 Å². The molecule has 0 fully saturated rings. The molecule has 0 spiro atoms. The van der Waals surface area contributed by atoms with Crippen molar-refractivity contribution in [1.82, 2.24) is 0 Å². The number of nitrogens with zero attached hydrogens (tertiary/aromatic N) is 1. The number of allylic oxidation sites excluding steroid dienone is 1. The Kier molecular flexibility index (Phi) is 10.6. The fourth-order valence-electron chi connectivity index (χ4n) is 3.95. The number of ether oxygens (including phenoxy) is 2. The lowest BCUT2D eigenvalue weighted by atomic mass is 9.80. The molecule has 194 valence electrons. The third-order valence-corrected chi connectivity index (χ3v) is 5.92. The van der Waals surface area contributed by atoms with Crippen LogP contribution >= 0.6 is 15.9 Å². The first-order valence-corrected chi connectivity index (χ1v) is 11.9. The number of esters is 2. The van der Waals surface area contributed by atoms with E-state index in [1.165, 1.54) is 23.1 Å². The smallest absolute Gasteiger partial charge is 0.338 e. The normalized spacial score (nSPS) is 15.5. The van der Waals surface area contributed by atoms with E-state index in [9.17, 15) is 22.8 Å². The largest absolute Gasteiger partial charge is 0.463 e. The lowest BCUT2D eigenvalue weighted by Crippen LogP contribution is -2.39. The minimum absolute atomic E-state index is 0.0108. The van der Waals surface area contributed by atoms with Gasteiger partial charge < -0.3 is 20.1 Å². The second kappa shape index (κ2) is 13.2. The Morgan fingerprint density at radius 1 is 1.00 bits per heavy atom. The Hall–Kier alpha value is -3.27. The molecule has 36 heavy (non-hydrogen) atoms. The Balaban J connectivity index is 0.00000222. The van der Waals surface area contributed by atoms with E-state index < -0.39 is 24.3 Å². The first kappa shape index (κ1) is 29.0. The first-order valence-electron chi connectivity index (χ1n) is 11.1. The minimum Gasteiger partial charge on any atom is -0.463 e. The standard InChI is InChI=1S/C25H25BrF2N2O4.CH3F/c1-4-33-24(31)19-14(3)30(18-8-6-7-16(13-18)22(27)28)23(29)21(25(32)34-5-2)20(19)15-9-11-17(26)12-10-15;1-2/h6-13,20,22H,4-5,29H2,1-3H3;1H3. The second-order valence-corrected chi connectivity index (χ2v) is 8.37. The van der Waals surface area contributed by atoms with Gasteiger partial charge in [0.15, 0.2) is 0 Å². The SMILES string of the molecule is CCOC(=O)C1=C(C)N(c2cccc(C(F)F)c2)C(N)=C(C(=O)OCC)C1c1ccc(Br)cc1.CF. The molecular weight excluding hydrogens is 541 g/mol. The number of alkyl halides is 3. The van der Waals surface area contributed by atoms with Crippen molar-refractivity contribution in [2.75, 3.05) is 25.3 Å². The number of hydrogen-bond donors (Lipinski definition) is 1. The van der Waals surface area contributed by atoms with E-state index in [0.29, 0.717) is 18.4 Å². The van der Waals surface area contributed by atoms with Gasteiger partial charge in [0.1, 0.15) is 5.82 Å². The molecule has 1 atom stereocenters. The van der Waals surface area contributed by atoms with E-state index in [2.05, 4.69) is 15.9 Å². The van der Waals surface area contributed by atoms with E-state index in [1.807, 2.05) is 0 Å². The molecule has 0 aliphatic carbocycles. The zero-order valence-corrected chi connectivity index (χ0v) is 21.9. The third-order valence-electron chi connectivity index (χ3n) is 5.39. The van der Waals surface area contributed by atoms with Crippen LogP contribution in [0.4, 0.5) is 18.9 Å². The fourth-order valence-corrected chi connectivity index (χ4v) is 4.21. The molecule has 0 aromatic heterocycles. The van der Waals surface area contributed by atoms with Crippen LogP contribution in [0.25, 0.3) is 0 Å². The van der Waals surface area contributed by atoms with Crippen LogP contribution in [0.5, 0.6) is 0 Å². The zero-order chi connectivity index (χ0) is 27.0. The summed E-state index contributed by atoms with van der Waals surface area (Å²) < 4.78 is 47.7. The summed E-state index contributed by atoms with van der Waals surface area (Å²) >= 11 is 3.39. The summed E-state index contributed by atoms with van der Waals surface area (Å²) in [4.78, 5) is 27.8. The molecule has 6 nitrogen and oxygen atoms in total. The maximum Gasteiger partial charge on any atom is 0.338 e. The maximum absolute atomic E-state index is 13.4. The predicted molar refractivity (Wildman–Crippen MR) is 135 cm³/mol. The highest BCUT2D eigenvalue weighted by Gasteiger charge is 2.41. The summed E-state index contributed by atoms with van der Waals surface area (Å²) in [5.41, 5.74) is 7.77. The number of benzene rings is 2. The van der Waals surface area contributed by atoms with Crippen LogP contribution in [0, 0.1) is 0 Å². The van der Waals surface area contributed by atoms with Gasteiger partial charge in [-0.2, -0.15) is 0 Å². The number of hydrogen-bond acceptors (Lipinski definition) is 6. The summed E-state index contributed by atoms with van der Waals surface area (Å²) in [6, 6.07) is 12.7. The Labute approximate surface area is 216 Å². The van der Waals surface area contributed by atoms with Gasteiger partial charge in [-0.25, -0.2) is 18.4 Å². The molecule has 1 heterocycles. The molecule has 0 bridgehead atoms. The number of rotatable bonds is 7. The Morgan fingerprint density at radius 2 is 1.56 bits per heavy atom. The van der Waals surface area contributed by atoms with Gasteiger partial charge in [0.2, 0.25) is 0 Å².